The summed E-state index contributed by atoms with van der Waals surface area (Å²) in [6.07, 6.45) is 2.58. The molecular weight excluding hydrogens is 316 g/mol. The van der Waals surface area contributed by atoms with Gasteiger partial charge in [-0.05, 0) is 25.2 Å². The van der Waals surface area contributed by atoms with Crippen LogP contribution in [0.5, 0.6) is 0 Å². The van der Waals surface area contributed by atoms with Crippen molar-refractivity contribution in [2.75, 3.05) is 45.9 Å². The van der Waals surface area contributed by atoms with E-state index in [1.807, 2.05) is 4.90 Å². The summed E-state index contributed by atoms with van der Waals surface area (Å²) >= 11 is 0. The monoisotopic (exact) mass is 352 g/mol. The first kappa shape index (κ1) is 20.0. The molecule has 2 unspecified atom stereocenters. The minimum Gasteiger partial charge on any atom is -0.377 e. The molecule has 2 rings (SSSR count). The molecule has 2 fully saturated rings. The fraction of sp³-hybridized carbons (Fsp3) is 0.895. The smallest absolute Gasteiger partial charge is 0.219 e. The van der Waals surface area contributed by atoms with Crippen LogP contribution in [-0.2, 0) is 9.53 Å². The SMILES string of the molecule is CCNC(=NCC1CCCOC1C(C)(C)C)N1CCN(C(C)=O)CC1. The molecular formula is C19H36N4O2. The summed E-state index contributed by atoms with van der Waals surface area (Å²) in [5.74, 6) is 1.61. The number of carbonyl (C=O) groups excluding carboxylic acids is 1. The molecule has 2 saturated heterocycles. The van der Waals surface area contributed by atoms with E-state index < -0.39 is 0 Å². The molecule has 1 amide bonds. The maximum atomic E-state index is 11.5. The van der Waals surface area contributed by atoms with Gasteiger partial charge >= 0.3 is 0 Å². The Balaban J connectivity index is 2.00. The second-order valence-electron chi connectivity index (χ2n) is 8.25. The molecule has 0 aromatic heterocycles. The molecule has 0 aromatic rings. The Morgan fingerprint density at radius 1 is 1.20 bits per heavy atom. The number of rotatable bonds is 3. The highest BCUT2D eigenvalue weighted by Crippen LogP contribution is 2.34. The Hall–Kier alpha value is -1.30. The molecule has 0 spiro atoms. The molecule has 2 atom stereocenters. The Morgan fingerprint density at radius 2 is 1.84 bits per heavy atom. The van der Waals surface area contributed by atoms with Crippen LogP contribution in [0.3, 0.4) is 0 Å². The molecule has 1 N–H and O–H groups in total. The van der Waals surface area contributed by atoms with E-state index in [1.54, 1.807) is 6.92 Å². The first-order valence-corrected chi connectivity index (χ1v) is 9.73. The third kappa shape index (κ3) is 5.59. The predicted octanol–water partition coefficient (Wildman–Crippen LogP) is 1.96. The van der Waals surface area contributed by atoms with E-state index in [0.29, 0.717) is 5.92 Å². The fourth-order valence-electron chi connectivity index (χ4n) is 3.85. The van der Waals surface area contributed by atoms with Gasteiger partial charge in [0.25, 0.3) is 0 Å². The number of amides is 1. The van der Waals surface area contributed by atoms with Crippen molar-refractivity contribution >= 4 is 11.9 Å². The van der Waals surface area contributed by atoms with Crippen molar-refractivity contribution in [1.29, 1.82) is 0 Å². The lowest BCUT2D eigenvalue weighted by Crippen LogP contribution is -2.53. The largest absolute Gasteiger partial charge is 0.377 e. The Morgan fingerprint density at radius 3 is 2.40 bits per heavy atom. The molecule has 0 aromatic carbocycles. The van der Waals surface area contributed by atoms with Gasteiger partial charge in [0.15, 0.2) is 5.96 Å². The second kappa shape index (κ2) is 8.88. The number of nitrogens with zero attached hydrogens (tertiary/aromatic N) is 3. The Kier molecular flexibility index (Phi) is 7.11. The van der Waals surface area contributed by atoms with Crippen molar-refractivity contribution < 1.29 is 9.53 Å². The molecule has 25 heavy (non-hydrogen) atoms. The first-order chi connectivity index (χ1) is 11.8. The molecule has 2 aliphatic heterocycles. The van der Waals surface area contributed by atoms with E-state index in [-0.39, 0.29) is 17.4 Å². The van der Waals surface area contributed by atoms with Gasteiger partial charge in [-0.1, -0.05) is 20.8 Å². The second-order valence-corrected chi connectivity index (χ2v) is 8.25. The van der Waals surface area contributed by atoms with Crippen LogP contribution in [0, 0.1) is 11.3 Å². The zero-order chi connectivity index (χ0) is 18.4. The van der Waals surface area contributed by atoms with Gasteiger partial charge in [0, 0.05) is 58.7 Å². The number of guanidine groups is 1. The lowest BCUT2D eigenvalue weighted by Gasteiger charge is -2.40. The highest BCUT2D eigenvalue weighted by Gasteiger charge is 2.35. The number of piperazine rings is 1. The van der Waals surface area contributed by atoms with Crippen molar-refractivity contribution in [2.24, 2.45) is 16.3 Å². The summed E-state index contributed by atoms with van der Waals surface area (Å²) < 4.78 is 6.09. The van der Waals surface area contributed by atoms with E-state index in [2.05, 4.69) is 37.9 Å². The Labute approximate surface area is 153 Å². The highest BCUT2D eigenvalue weighted by molar-refractivity contribution is 5.80. The lowest BCUT2D eigenvalue weighted by molar-refractivity contribution is -0.130. The van der Waals surface area contributed by atoms with Gasteiger partial charge in [-0.15, -0.1) is 0 Å². The molecule has 144 valence electrons. The third-order valence-corrected chi connectivity index (χ3v) is 5.13. The number of ether oxygens (including phenoxy) is 1. The molecule has 0 bridgehead atoms. The van der Waals surface area contributed by atoms with Gasteiger partial charge < -0.3 is 19.9 Å². The van der Waals surface area contributed by atoms with Crippen LogP contribution in [0.15, 0.2) is 4.99 Å². The van der Waals surface area contributed by atoms with Crippen molar-refractivity contribution in [3.63, 3.8) is 0 Å². The van der Waals surface area contributed by atoms with Crippen LogP contribution in [0.25, 0.3) is 0 Å². The van der Waals surface area contributed by atoms with Crippen molar-refractivity contribution in [3.05, 3.63) is 0 Å². The molecule has 0 radical (unpaired) electrons. The molecule has 0 aliphatic carbocycles. The summed E-state index contributed by atoms with van der Waals surface area (Å²) in [5.41, 5.74) is 0.145. The predicted molar refractivity (Wildman–Crippen MR) is 102 cm³/mol. The zero-order valence-electron chi connectivity index (χ0n) is 16.7. The van der Waals surface area contributed by atoms with Crippen LogP contribution < -0.4 is 5.32 Å². The van der Waals surface area contributed by atoms with E-state index in [4.69, 9.17) is 9.73 Å². The van der Waals surface area contributed by atoms with Gasteiger partial charge in [-0.2, -0.15) is 0 Å². The van der Waals surface area contributed by atoms with Crippen LogP contribution in [0.1, 0.15) is 47.5 Å². The van der Waals surface area contributed by atoms with Gasteiger partial charge in [0.05, 0.1) is 6.10 Å². The minimum absolute atomic E-state index is 0.145. The quantitative estimate of drug-likeness (QED) is 0.623. The van der Waals surface area contributed by atoms with Gasteiger partial charge in [0.1, 0.15) is 0 Å². The van der Waals surface area contributed by atoms with Gasteiger partial charge in [-0.3, -0.25) is 9.79 Å². The number of nitrogens with one attached hydrogen (secondary N) is 1. The Bertz CT molecular complexity index is 465. The number of hydrogen-bond donors (Lipinski definition) is 1. The molecule has 6 heteroatoms. The van der Waals surface area contributed by atoms with E-state index in [0.717, 1.165) is 58.3 Å². The van der Waals surface area contributed by atoms with Crippen LogP contribution in [-0.4, -0.2) is 73.6 Å². The zero-order valence-corrected chi connectivity index (χ0v) is 16.7. The fourth-order valence-corrected chi connectivity index (χ4v) is 3.85. The third-order valence-electron chi connectivity index (χ3n) is 5.13. The van der Waals surface area contributed by atoms with Crippen LogP contribution >= 0.6 is 0 Å². The standard InChI is InChI=1S/C19H36N4O2/c1-6-20-18(23-11-9-22(10-12-23)15(2)24)21-14-16-8-7-13-25-17(16)19(3,4)5/h16-17H,6-14H2,1-5H3,(H,20,21). The van der Waals surface area contributed by atoms with Crippen molar-refractivity contribution in [1.82, 2.24) is 15.1 Å². The minimum atomic E-state index is 0.145. The average molecular weight is 353 g/mol. The highest BCUT2D eigenvalue weighted by atomic mass is 16.5. The van der Waals surface area contributed by atoms with Gasteiger partial charge in [0.2, 0.25) is 5.91 Å². The number of carbonyl (C=O) groups is 1. The topological polar surface area (TPSA) is 57.2 Å². The van der Waals surface area contributed by atoms with Gasteiger partial charge in [-0.25, -0.2) is 0 Å². The first-order valence-electron chi connectivity index (χ1n) is 9.73. The summed E-state index contributed by atoms with van der Waals surface area (Å²) in [6.45, 7) is 16.3. The lowest BCUT2D eigenvalue weighted by atomic mass is 9.78. The van der Waals surface area contributed by atoms with Crippen molar-refractivity contribution in [2.45, 2.75) is 53.6 Å². The number of hydrogen-bond acceptors (Lipinski definition) is 3. The van der Waals surface area contributed by atoms with E-state index in [9.17, 15) is 4.79 Å². The van der Waals surface area contributed by atoms with E-state index in [1.165, 1.54) is 6.42 Å². The van der Waals surface area contributed by atoms with Crippen molar-refractivity contribution in [3.8, 4) is 0 Å². The molecule has 0 saturated carbocycles. The maximum absolute atomic E-state index is 11.5. The summed E-state index contributed by atoms with van der Waals surface area (Å²) in [7, 11) is 0. The van der Waals surface area contributed by atoms with Crippen LogP contribution in [0.2, 0.25) is 0 Å². The van der Waals surface area contributed by atoms with Crippen LogP contribution in [0.4, 0.5) is 0 Å². The average Bonchev–Trinajstić information content (AvgIpc) is 2.58. The van der Waals surface area contributed by atoms with E-state index >= 15 is 0 Å². The normalized spacial score (nSPS) is 25.9. The summed E-state index contributed by atoms with van der Waals surface area (Å²) in [4.78, 5) is 20.6. The molecule has 2 heterocycles. The number of aliphatic imine (C=N–C) groups is 1. The summed E-state index contributed by atoms with van der Waals surface area (Å²) in [6, 6.07) is 0. The molecule has 2 aliphatic rings. The molecule has 6 nitrogen and oxygen atoms in total. The maximum Gasteiger partial charge on any atom is 0.219 e. The summed E-state index contributed by atoms with van der Waals surface area (Å²) in [5, 5.41) is 3.42.